The number of imidazole rings is 1. The number of hydrogen-bond acceptors (Lipinski definition) is 15. The van der Waals surface area contributed by atoms with E-state index in [0.29, 0.717) is 62.8 Å². The first-order chi connectivity index (χ1) is 43.6. The second-order valence-corrected chi connectivity index (χ2v) is 27.8. The van der Waals surface area contributed by atoms with Crippen molar-refractivity contribution in [2.45, 2.75) is 62.9 Å². The zero-order valence-corrected chi connectivity index (χ0v) is 56.3. The largest absolute Gasteiger partial charge is 0.488 e. The number of aromatic amines is 1. The normalized spacial score (nSPS) is 16.4. The van der Waals surface area contributed by atoms with E-state index in [1.54, 1.807) is 50.3 Å². The number of aliphatic imine (C=N–C) groups is 1. The molecule has 14 rings (SSSR count). The predicted molar refractivity (Wildman–Crippen MR) is 365 cm³/mol. The van der Waals surface area contributed by atoms with Crippen molar-refractivity contribution in [1.29, 1.82) is 0 Å². The number of nitrogens with one attached hydrogen (secondary N) is 1. The van der Waals surface area contributed by atoms with Gasteiger partial charge in [-0.15, -0.1) is 0 Å². The number of Topliss-reactive ketones (excluding diaryl/α,β-unsaturated/α-hetero) is 4. The molecule has 7 unspecified atom stereocenters. The van der Waals surface area contributed by atoms with Crippen molar-refractivity contribution >= 4 is 127 Å². The maximum atomic E-state index is 12.8. The minimum absolute atomic E-state index is 0.00806. The van der Waals surface area contributed by atoms with E-state index >= 15 is 0 Å². The second kappa shape index (κ2) is 27.3. The number of carbonyl (C=O) groups excluding carboxylic acids is 7. The van der Waals surface area contributed by atoms with Crippen molar-refractivity contribution < 1.29 is 62.0 Å². The first-order valence-corrected chi connectivity index (χ1v) is 37.6. The van der Waals surface area contributed by atoms with Crippen molar-refractivity contribution in [3.05, 3.63) is 165 Å². The van der Waals surface area contributed by atoms with Crippen molar-refractivity contribution in [1.82, 2.24) is 9.97 Å². The molecule has 0 saturated carbocycles. The third kappa shape index (κ3) is 13.0. The molecule has 90 heavy (non-hydrogen) atoms. The van der Waals surface area contributed by atoms with E-state index in [2.05, 4.69) is 81.7 Å². The number of alkyl halides is 1. The van der Waals surface area contributed by atoms with E-state index < -0.39 is 6.10 Å². The Kier molecular flexibility index (Phi) is 19.1. The number of fused-ring (bicyclic) bond motifs is 14. The molecule has 6 aliphatic rings. The van der Waals surface area contributed by atoms with Gasteiger partial charge in [0.05, 0.1) is 22.4 Å². The summed E-state index contributed by atoms with van der Waals surface area (Å²) in [6.45, 7) is 10.1. The molecule has 0 amide bonds. The maximum absolute atomic E-state index is 12.8. The van der Waals surface area contributed by atoms with Crippen LogP contribution in [0.15, 0.2) is 114 Å². The van der Waals surface area contributed by atoms with E-state index in [9.17, 15) is 33.6 Å². The molecule has 22 heteroatoms. The van der Waals surface area contributed by atoms with Crippen LogP contribution in [0.5, 0.6) is 17.2 Å². The molecule has 0 fully saturated rings. The first kappa shape index (κ1) is 63.0. The van der Waals surface area contributed by atoms with Crippen LogP contribution in [0.4, 0.5) is 20.1 Å². The highest BCUT2D eigenvalue weighted by Gasteiger charge is 2.34. The number of halogens is 1. The molecular formula is C68H61BrN3O13P5. The highest BCUT2D eigenvalue weighted by atomic mass is 79.9. The van der Waals surface area contributed by atoms with Crippen molar-refractivity contribution in [3.8, 4) is 61.9 Å². The lowest BCUT2D eigenvalue weighted by Gasteiger charge is -2.27. The number of nitrogens with zero attached hydrogens (tertiary/aromatic N) is 2. The van der Waals surface area contributed by atoms with E-state index in [1.165, 1.54) is 38.5 Å². The fraction of sp³-hybridized carbons (Fsp3) is 0.250. The van der Waals surface area contributed by atoms with Crippen molar-refractivity contribution in [2.75, 3.05) is 46.5 Å². The average Bonchev–Trinajstić information content (AvgIpc) is 1.10. The van der Waals surface area contributed by atoms with Crippen molar-refractivity contribution in [3.63, 3.8) is 0 Å². The summed E-state index contributed by atoms with van der Waals surface area (Å²) >= 11 is 3.44. The van der Waals surface area contributed by atoms with Crippen LogP contribution in [0.25, 0.3) is 55.4 Å². The molecule has 8 aromatic rings. The third-order valence-corrected chi connectivity index (χ3v) is 20.7. The van der Waals surface area contributed by atoms with Gasteiger partial charge in [-0.1, -0.05) is 75.6 Å². The fourth-order valence-corrected chi connectivity index (χ4v) is 14.1. The summed E-state index contributed by atoms with van der Waals surface area (Å²) in [4.78, 5) is 96.7. The minimum atomic E-state index is -0.743. The molecule has 5 heterocycles. The number of ketones is 4. The van der Waals surface area contributed by atoms with Gasteiger partial charge in [0.15, 0.2) is 36.7 Å². The molecule has 16 nitrogen and oxygen atoms in total. The Morgan fingerprint density at radius 1 is 0.567 bits per heavy atom. The van der Waals surface area contributed by atoms with Gasteiger partial charge in [0.1, 0.15) is 42.6 Å². The Bertz CT molecular complexity index is 4360. The number of hydrogen-bond donors (Lipinski definition) is 1. The Morgan fingerprint density at radius 3 is 1.68 bits per heavy atom. The highest BCUT2D eigenvalue weighted by molar-refractivity contribution is 9.10. The lowest BCUT2D eigenvalue weighted by atomic mass is 9.84. The van der Waals surface area contributed by atoms with Crippen LogP contribution < -0.4 is 19.8 Å². The van der Waals surface area contributed by atoms with Crippen LogP contribution in [0.1, 0.15) is 87.7 Å². The molecule has 0 spiro atoms. The monoisotopic (exact) mass is 1360 g/mol. The number of benzene rings is 7. The Hall–Kier alpha value is -7.20. The molecular weight excluding hydrogens is 1300 g/mol. The molecule has 4 aliphatic heterocycles. The molecule has 7 atom stereocenters. The van der Waals surface area contributed by atoms with Gasteiger partial charge < -0.3 is 33.4 Å². The Morgan fingerprint density at radius 2 is 1.11 bits per heavy atom. The molecule has 0 saturated heterocycles. The van der Waals surface area contributed by atoms with Gasteiger partial charge >= 0.3 is 17.1 Å². The van der Waals surface area contributed by atoms with E-state index in [-0.39, 0.29) is 90.7 Å². The highest BCUT2D eigenvalue weighted by Crippen LogP contribution is 2.47. The topological polar surface area (TPSA) is 216 Å². The predicted octanol–water partition coefficient (Wildman–Crippen LogP) is 15.2. The van der Waals surface area contributed by atoms with Crippen molar-refractivity contribution in [2.24, 2.45) is 4.99 Å². The fourth-order valence-electron chi connectivity index (χ4n) is 11.9. The second-order valence-electron chi connectivity index (χ2n) is 21.9. The van der Waals surface area contributed by atoms with Gasteiger partial charge in [0.2, 0.25) is 5.78 Å². The number of aromatic nitrogens is 2. The summed E-state index contributed by atoms with van der Waals surface area (Å²) in [5, 5.41) is 2.53. The molecule has 1 aromatic heterocycles. The zero-order valence-electron chi connectivity index (χ0n) is 49.7. The SMILES string of the molecule is CPC(=O)OCC(=O)c1ccc2c(c1)COc1cc3c(cc1-2)CCC(Br)C3=O.CPC(=O)OCC(=O)c1ccc2c(c1)COc1cc3c(cc1-2)CCC(OC(=O)PC)C3=O.CPC1=Nc2ccc3cc4c(cc3c2C1)OCc1cc(-c2cnc(PC)[nH]2)ccc1-4. The lowest BCUT2D eigenvalue weighted by Crippen LogP contribution is -2.31. The number of rotatable bonds is 13. The van der Waals surface area contributed by atoms with Gasteiger partial charge in [-0.25, -0.2) is 19.4 Å². The number of H-pyrrole nitrogens is 1. The first-order valence-electron chi connectivity index (χ1n) is 29.2. The van der Waals surface area contributed by atoms with Crippen LogP contribution in [-0.2, 0) is 53.3 Å². The summed E-state index contributed by atoms with van der Waals surface area (Å²) in [5.74, 6) is 1.65. The summed E-state index contributed by atoms with van der Waals surface area (Å²) in [6.07, 6.45) is 4.83. The lowest BCUT2D eigenvalue weighted by molar-refractivity contribution is 0.0657. The standard InChI is InChI=1S/C24H21N3OP2.C23H22O7P2.C21H18BrO5P/c1-29-23-10-18-17-9-22-19(8-13(17)4-6-20(18)26-23)16-5-3-14(7-15(16)12-28-22)21-11-25-24(27-21)30-2;1-31-22(26)29-11-18(24)13-3-5-15-14(7-13)10-28-20-9-16-12(8-17(15)20)4-6-19(21(16)25)30-23(27)32-2;1-28-21(25)27-10-18(23)12-2-4-14-13(6-12)9-26-19-8-15-11(7-16(14)19)3-5-17(22)20(15)24/h3-9,11,29-30H,10,12H2,1-2H3,(H,25,27);3,5,7-9,19,31-32H,4,6,10-11H2,1-2H3;2,4,6-8,17,28H,3,5,9-10H2,1H3. The summed E-state index contributed by atoms with van der Waals surface area (Å²) in [5.41, 5.74) is 19.2. The molecule has 1 N–H and O–H groups in total. The Balaban J connectivity index is 0.000000131. The molecule has 458 valence electrons. The van der Waals surface area contributed by atoms with Crippen LogP contribution in [0.3, 0.4) is 0 Å². The Labute approximate surface area is 536 Å². The van der Waals surface area contributed by atoms with E-state index in [0.717, 1.165) is 106 Å². The van der Waals surface area contributed by atoms with E-state index in [4.69, 9.17) is 33.4 Å². The molecule has 0 bridgehead atoms. The molecule has 7 aromatic carbocycles. The van der Waals surface area contributed by atoms with Gasteiger partial charge in [0, 0.05) is 50.8 Å². The van der Waals surface area contributed by atoms with Gasteiger partial charge in [-0.3, -0.25) is 24.2 Å². The quantitative estimate of drug-likeness (QED) is 0.0492. The number of carbonyl (C=O) groups is 7. The zero-order chi connectivity index (χ0) is 62.9. The molecule has 2 aliphatic carbocycles. The number of aryl methyl sites for hydroxylation is 2. The minimum Gasteiger partial charge on any atom is -0.488 e. The third-order valence-electron chi connectivity index (χ3n) is 16.6. The van der Waals surface area contributed by atoms with Crippen LogP contribution >= 0.6 is 58.8 Å². The smallest absolute Gasteiger partial charge is 0.323 e. The van der Waals surface area contributed by atoms with Crippen LogP contribution in [0.2, 0.25) is 0 Å². The summed E-state index contributed by atoms with van der Waals surface area (Å²) in [6, 6.07) is 33.8. The molecule has 0 radical (unpaired) electrons. The van der Waals surface area contributed by atoms with Crippen LogP contribution in [0, 0.1) is 0 Å². The summed E-state index contributed by atoms with van der Waals surface area (Å²) < 4.78 is 33.2. The van der Waals surface area contributed by atoms with Crippen LogP contribution in [-0.4, -0.2) is 113 Å². The van der Waals surface area contributed by atoms with Gasteiger partial charge in [-0.2, -0.15) is 0 Å². The maximum Gasteiger partial charge on any atom is 0.323 e. The van der Waals surface area contributed by atoms with Gasteiger partial charge in [-0.05, 0) is 212 Å². The van der Waals surface area contributed by atoms with Gasteiger partial charge in [0.25, 0.3) is 0 Å². The average molecular weight is 1360 g/mol. The van der Waals surface area contributed by atoms with E-state index in [1.807, 2.05) is 36.5 Å². The summed E-state index contributed by atoms with van der Waals surface area (Å²) in [7, 11) is 1.42. The number of ether oxygens (including phenoxy) is 6.